The van der Waals surface area contributed by atoms with E-state index >= 15 is 0 Å². The van der Waals surface area contributed by atoms with Crippen molar-refractivity contribution in [3.8, 4) is 0 Å². The monoisotopic (exact) mass is 527 g/mol. The first-order valence-electron chi connectivity index (χ1n) is 11.4. The van der Waals surface area contributed by atoms with E-state index in [2.05, 4.69) is 14.8 Å². The number of nitrogens with zero attached hydrogens (tertiary/aromatic N) is 5. The van der Waals surface area contributed by atoms with Gasteiger partial charge in [0.25, 0.3) is 10.0 Å². The molecule has 180 valence electrons. The number of hydrogen-bond donors (Lipinski definition) is 0. The van der Waals surface area contributed by atoms with Crippen LogP contribution in [-0.2, 0) is 10.0 Å². The van der Waals surface area contributed by atoms with E-state index in [9.17, 15) is 8.42 Å². The van der Waals surface area contributed by atoms with Gasteiger partial charge in [-0.1, -0.05) is 47.0 Å². The van der Waals surface area contributed by atoms with Gasteiger partial charge in [-0.3, -0.25) is 0 Å². The highest BCUT2D eigenvalue weighted by Gasteiger charge is 2.53. The molecule has 0 amide bonds. The van der Waals surface area contributed by atoms with E-state index < -0.39 is 10.0 Å². The number of aromatic nitrogens is 3. The Morgan fingerprint density at radius 2 is 1.74 bits per heavy atom. The van der Waals surface area contributed by atoms with Crippen molar-refractivity contribution in [3.63, 3.8) is 0 Å². The molecule has 6 rings (SSSR count). The molecule has 3 heterocycles. The minimum Gasteiger partial charge on any atom is -0.352 e. The summed E-state index contributed by atoms with van der Waals surface area (Å²) in [4.78, 5) is 9.18. The number of benzene rings is 2. The van der Waals surface area contributed by atoms with Crippen molar-refractivity contribution >= 4 is 55.8 Å². The van der Waals surface area contributed by atoms with E-state index in [0.717, 1.165) is 41.4 Å². The molecule has 2 fully saturated rings. The molecule has 0 N–H and O–H groups in total. The van der Waals surface area contributed by atoms with Crippen LogP contribution < -0.4 is 9.80 Å². The Hall–Kier alpha value is -2.81. The second kappa shape index (κ2) is 8.11. The first-order chi connectivity index (χ1) is 16.8. The van der Waals surface area contributed by atoms with Gasteiger partial charge in [0.05, 0.1) is 31.4 Å². The lowest BCUT2D eigenvalue weighted by molar-refractivity contribution is 0.502. The molecule has 1 saturated carbocycles. The Morgan fingerprint density at radius 1 is 0.971 bits per heavy atom. The number of pyridine rings is 1. The van der Waals surface area contributed by atoms with Gasteiger partial charge in [-0.15, -0.1) is 5.10 Å². The number of rotatable bonds is 4. The highest BCUT2D eigenvalue weighted by molar-refractivity contribution is 7.90. The van der Waals surface area contributed by atoms with E-state index in [1.54, 1.807) is 48.7 Å². The third-order valence-electron chi connectivity index (χ3n) is 6.92. The third kappa shape index (κ3) is 3.75. The van der Waals surface area contributed by atoms with Crippen LogP contribution in [0.15, 0.2) is 65.7 Å². The Balaban J connectivity index is 1.43. The predicted octanol–water partition coefficient (Wildman–Crippen LogP) is 5.14. The average molecular weight is 528 g/mol. The van der Waals surface area contributed by atoms with Crippen molar-refractivity contribution in [1.29, 1.82) is 0 Å². The number of hydrogen-bond acceptors (Lipinski definition) is 6. The molecular weight excluding hydrogens is 505 g/mol. The van der Waals surface area contributed by atoms with E-state index in [1.807, 2.05) is 19.1 Å². The van der Waals surface area contributed by atoms with Crippen LogP contribution in [0.25, 0.3) is 10.9 Å². The molecule has 2 aliphatic rings. The topological polar surface area (TPSA) is 71.3 Å². The van der Waals surface area contributed by atoms with Gasteiger partial charge in [-0.05, 0) is 56.2 Å². The summed E-state index contributed by atoms with van der Waals surface area (Å²) in [5.74, 6) is 1.50. The van der Waals surface area contributed by atoms with Crippen LogP contribution in [0.4, 0.5) is 11.6 Å². The highest BCUT2D eigenvalue weighted by Crippen LogP contribution is 2.49. The van der Waals surface area contributed by atoms with Crippen LogP contribution in [0.2, 0.25) is 10.0 Å². The zero-order chi connectivity index (χ0) is 24.4. The second-order valence-electron chi connectivity index (χ2n) is 9.25. The summed E-state index contributed by atoms with van der Waals surface area (Å²) in [5.41, 5.74) is 1.32. The van der Waals surface area contributed by atoms with Gasteiger partial charge in [0, 0.05) is 25.8 Å². The molecule has 1 saturated heterocycles. The third-order valence-corrected chi connectivity index (χ3v) is 9.06. The lowest BCUT2D eigenvalue weighted by atomic mass is 10.1. The van der Waals surface area contributed by atoms with Crippen molar-refractivity contribution in [2.75, 3.05) is 29.4 Å². The van der Waals surface area contributed by atoms with E-state index in [0.29, 0.717) is 33.3 Å². The van der Waals surface area contributed by atoms with Crippen molar-refractivity contribution in [2.45, 2.75) is 30.2 Å². The summed E-state index contributed by atoms with van der Waals surface area (Å²) in [6.45, 7) is 4.09. The highest BCUT2D eigenvalue weighted by atomic mass is 35.5. The molecule has 2 aromatic carbocycles. The van der Waals surface area contributed by atoms with Crippen LogP contribution >= 0.6 is 23.2 Å². The van der Waals surface area contributed by atoms with Crippen molar-refractivity contribution in [3.05, 3.63) is 76.4 Å². The molecule has 4 aromatic rings. The summed E-state index contributed by atoms with van der Waals surface area (Å²) in [6.07, 6.45) is 3.63. The number of piperazine rings is 1. The summed E-state index contributed by atoms with van der Waals surface area (Å²) < 4.78 is 28.4. The Morgan fingerprint density at radius 3 is 2.43 bits per heavy atom. The number of anilines is 2. The number of fused-ring (bicyclic) bond motifs is 1. The smallest absolute Gasteiger partial charge is 0.283 e. The molecule has 0 unspecified atom stereocenters. The van der Waals surface area contributed by atoms with Crippen LogP contribution in [0.5, 0.6) is 0 Å². The first kappa shape index (κ1) is 22.6. The zero-order valence-corrected chi connectivity index (χ0v) is 21.4. The molecule has 1 aliphatic carbocycles. The van der Waals surface area contributed by atoms with Crippen molar-refractivity contribution in [1.82, 2.24) is 14.2 Å². The molecule has 7 nitrogen and oxygen atoms in total. The van der Waals surface area contributed by atoms with Gasteiger partial charge in [0.15, 0.2) is 5.82 Å². The minimum atomic E-state index is -3.90. The van der Waals surface area contributed by atoms with Crippen molar-refractivity contribution in [2.24, 2.45) is 0 Å². The maximum atomic E-state index is 13.6. The molecule has 0 atom stereocenters. The van der Waals surface area contributed by atoms with Crippen LogP contribution in [0, 0.1) is 6.92 Å². The fourth-order valence-electron chi connectivity index (χ4n) is 4.90. The van der Waals surface area contributed by atoms with Gasteiger partial charge in [0.1, 0.15) is 5.82 Å². The average Bonchev–Trinajstić information content (AvgIpc) is 3.48. The van der Waals surface area contributed by atoms with Crippen LogP contribution in [-0.4, -0.2) is 47.8 Å². The molecular formula is C25H23Cl2N5O2S. The van der Waals surface area contributed by atoms with Gasteiger partial charge in [-0.2, -0.15) is 12.5 Å². The normalized spacial score (nSPS) is 17.3. The van der Waals surface area contributed by atoms with Gasteiger partial charge < -0.3 is 9.80 Å². The maximum Gasteiger partial charge on any atom is 0.283 e. The molecule has 1 spiro atoms. The molecule has 10 heteroatoms. The van der Waals surface area contributed by atoms with Crippen molar-refractivity contribution < 1.29 is 8.42 Å². The first-order valence-corrected chi connectivity index (χ1v) is 13.6. The Kier molecular flexibility index (Phi) is 5.25. The van der Waals surface area contributed by atoms with Gasteiger partial charge in [0.2, 0.25) is 0 Å². The molecule has 1 aliphatic heterocycles. The molecule has 0 bridgehead atoms. The van der Waals surface area contributed by atoms with Gasteiger partial charge >= 0.3 is 0 Å². The van der Waals surface area contributed by atoms with E-state index in [1.165, 1.54) is 0 Å². The number of aryl methyl sites for hydroxylation is 1. The van der Waals surface area contributed by atoms with E-state index in [4.69, 9.17) is 28.3 Å². The standard InChI is InChI=1S/C25H23Cl2N5O2S/c1-17-5-8-19(9-6-17)35(33,34)32-21-4-2-3-20(27)23(21)24(29-32)31-14-13-30(16-25(31)11-12-25)22-10-7-18(26)15-28-22/h2-10,15H,11-14,16H2,1H3. The maximum absolute atomic E-state index is 13.6. The summed E-state index contributed by atoms with van der Waals surface area (Å²) in [6, 6.07) is 15.9. The Bertz CT molecular complexity index is 1530. The lowest BCUT2D eigenvalue weighted by Crippen LogP contribution is -2.55. The fraction of sp³-hybridized carbons (Fsp3) is 0.280. The fourth-order valence-corrected chi connectivity index (χ4v) is 6.54. The second-order valence-corrected chi connectivity index (χ2v) is 11.9. The SMILES string of the molecule is Cc1ccc(S(=O)(=O)n2nc(N3CCN(c4ccc(Cl)cn4)CC34CC4)c3c(Cl)cccc32)cc1. The lowest BCUT2D eigenvalue weighted by Gasteiger charge is -2.43. The van der Waals surface area contributed by atoms with Crippen LogP contribution in [0.3, 0.4) is 0 Å². The molecule has 2 aromatic heterocycles. The minimum absolute atomic E-state index is 0.140. The summed E-state index contributed by atoms with van der Waals surface area (Å²) >= 11 is 12.7. The zero-order valence-electron chi connectivity index (χ0n) is 19.0. The summed E-state index contributed by atoms with van der Waals surface area (Å²) in [5, 5.41) is 6.46. The van der Waals surface area contributed by atoms with Crippen LogP contribution in [0.1, 0.15) is 18.4 Å². The number of halogens is 2. The summed E-state index contributed by atoms with van der Waals surface area (Å²) in [7, 11) is -3.90. The Labute approximate surface area is 213 Å². The largest absolute Gasteiger partial charge is 0.352 e. The predicted molar refractivity (Wildman–Crippen MR) is 139 cm³/mol. The molecule has 35 heavy (non-hydrogen) atoms. The molecule has 0 radical (unpaired) electrons. The van der Waals surface area contributed by atoms with E-state index in [-0.39, 0.29) is 10.4 Å². The quantitative estimate of drug-likeness (QED) is 0.365. The van der Waals surface area contributed by atoms with Gasteiger partial charge in [-0.25, -0.2) is 4.98 Å².